The van der Waals surface area contributed by atoms with Crippen molar-refractivity contribution >= 4 is 5.82 Å². The molecular weight excluding hydrogens is 226 g/mol. The van der Waals surface area contributed by atoms with Crippen molar-refractivity contribution in [3.8, 4) is 0 Å². The Labute approximate surface area is 110 Å². The van der Waals surface area contributed by atoms with Gasteiger partial charge in [0, 0.05) is 25.4 Å². The van der Waals surface area contributed by atoms with Gasteiger partial charge in [0.25, 0.3) is 0 Å². The predicted octanol–water partition coefficient (Wildman–Crippen LogP) is 1.79. The van der Waals surface area contributed by atoms with Crippen molar-refractivity contribution in [2.45, 2.75) is 39.3 Å². The molecule has 0 bridgehead atoms. The number of aromatic nitrogens is 1. The van der Waals surface area contributed by atoms with Crippen LogP contribution >= 0.6 is 0 Å². The minimum atomic E-state index is -0.312. The number of nitrogens with zero attached hydrogens (tertiary/aromatic N) is 2. The Kier molecular flexibility index (Phi) is 5.56. The minimum Gasteiger partial charge on any atom is -0.394 e. The quantitative estimate of drug-likeness (QED) is 0.725. The first-order valence-corrected chi connectivity index (χ1v) is 6.52. The second-order valence-corrected chi connectivity index (χ2v) is 5.19. The maximum absolute atomic E-state index is 9.45. The first-order chi connectivity index (χ1) is 8.53. The summed E-state index contributed by atoms with van der Waals surface area (Å²) in [5.41, 5.74) is 0.850. The highest BCUT2D eigenvalue weighted by atomic mass is 16.3. The molecule has 1 aromatic rings. The van der Waals surface area contributed by atoms with Crippen LogP contribution in [-0.4, -0.2) is 35.8 Å². The summed E-state index contributed by atoms with van der Waals surface area (Å²) in [7, 11) is 1.97. The molecule has 1 aromatic heterocycles. The lowest BCUT2D eigenvalue weighted by atomic mass is 10.0. The summed E-state index contributed by atoms with van der Waals surface area (Å²) in [6.07, 6.45) is 2.91. The molecule has 1 heterocycles. The fourth-order valence-corrected chi connectivity index (χ4v) is 1.66. The van der Waals surface area contributed by atoms with E-state index in [9.17, 15) is 5.11 Å². The third-order valence-electron chi connectivity index (χ3n) is 3.22. The van der Waals surface area contributed by atoms with E-state index in [-0.39, 0.29) is 12.1 Å². The van der Waals surface area contributed by atoms with Gasteiger partial charge in [-0.05, 0) is 32.9 Å². The predicted molar refractivity (Wildman–Crippen MR) is 75.8 cm³/mol. The van der Waals surface area contributed by atoms with Crippen molar-refractivity contribution in [2.75, 3.05) is 25.1 Å². The van der Waals surface area contributed by atoms with E-state index in [1.165, 1.54) is 0 Å². The van der Waals surface area contributed by atoms with E-state index < -0.39 is 0 Å². The second-order valence-electron chi connectivity index (χ2n) is 5.19. The Hall–Kier alpha value is -1.13. The van der Waals surface area contributed by atoms with E-state index in [1.54, 1.807) is 6.20 Å². The number of hydrogen-bond acceptors (Lipinski definition) is 4. The lowest BCUT2D eigenvalue weighted by Crippen LogP contribution is -2.45. The Balaban J connectivity index is 2.87. The highest BCUT2D eigenvalue weighted by molar-refractivity contribution is 5.48. The highest BCUT2D eigenvalue weighted by Gasteiger charge is 2.25. The van der Waals surface area contributed by atoms with Crippen LogP contribution in [0.25, 0.3) is 0 Å². The van der Waals surface area contributed by atoms with Crippen molar-refractivity contribution in [3.05, 3.63) is 23.9 Å². The standard InChI is InChI=1S/C14H25N3O/c1-5-8-15-10-12-7-6-9-16-13(12)17(4)14(2,3)11-18/h6-7,9,15,18H,5,8,10-11H2,1-4H3. The van der Waals surface area contributed by atoms with Crippen LogP contribution < -0.4 is 10.2 Å². The minimum absolute atomic E-state index is 0.0991. The van der Waals surface area contributed by atoms with E-state index in [0.29, 0.717) is 0 Å². The topological polar surface area (TPSA) is 48.4 Å². The SMILES string of the molecule is CCCNCc1cccnc1N(C)C(C)(C)CO. The van der Waals surface area contributed by atoms with Crippen LogP contribution in [0.2, 0.25) is 0 Å². The monoisotopic (exact) mass is 251 g/mol. The molecule has 4 heteroatoms. The molecule has 2 N–H and O–H groups in total. The fraction of sp³-hybridized carbons (Fsp3) is 0.643. The van der Waals surface area contributed by atoms with Gasteiger partial charge in [0.15, 0.2) is 0 Å². The zero-order valence-corrected chi connectivity index (χ0v) is 11.9. The molecule has 0 fully saturated rings. The Morgan fingerprint density at radius 1 is 1.44 bits per heavy atom. The molecule has 0 amide bonds. The van der Waals surface area contributed by atoms with Gasteiger partial charge in [-0.15, -0.1) is 0 Å². The zero-order chi connectivity index (χ0) is 13.6. The summed E-state index contributed by atoms with van der Waals surface area (Å²) in [6.45, 7) is 8.07. The molecule has 0 aromatic carbocycles. The van der Waals surface area contributed by atoms with Crippen molar-refractivity contribution < 1.29 is 5.11 Å². The number of likely N-dealkylation sites (N-methyl/N-ethyl adjacent to an activating group) is 1. The van der Waals surface area contributed by atoms with Gasteiger partial charge in [0.05, 0.1) is 12.1 Å². The first kappa shape index (κ1) is 14.9. The number of hydrogen-bond donors (Lipinski definition) is 2. The molecule has 0 saturated carbocycles. The molecule has 0 radical (unpaired) electrons. The number of nitrogens with one attached hydrogen (secondary N) is 1. The molecule has 18 heavy (non-hydrogen) atoms. The molecule has 1 rings (SSSR count). The van der Waals surface area contributed by atoms with Crippen LogP contribution in [0.4, 0.5) is 5.82 Å². The summed E-state index contributed by atoms with van der Waals surface area (Å²) in [4.78, 5) is 6.48. The lowest BCUT2D eigenvalue weighted by Gasteiger charge is -2.36. The third-order valence-corrected chi connectivity index (χ3v) is 3.22. The lowest BCUT2D eigenvalue weighted by molar-refractivity contribution is 0.215. The van der Waals surface area contributed by atoms with Crippen molar-refractivity contribution in [1.82, 2.24) is 10.3 Å². The van der Waals surface area contributed by atoms with Gasteiger partial charge < -0.3 is 15.3 Å². The van der Waals surface area contributed by atoms with E-state index in [0.717, 1.165) is 30.9 Å². The summed E-state index contributed by atoms with van der Waals surface area (Å²) in [5, 5.41) is 12.8. The molecule has 0 spiro atoms. The highest BCUT2D eigenvalue weighted by Crippen LogP contribution is 2.23. The smallest absolute Gasteiger partial charge is 0.133 e. The van der Waals surface area contributed by atoms with E-state index in [2.05, 4.69) is 23.3 Å². The molecule has 0 aliphatic heterocycles. The van der Waals surface area contributed by atoms with Crippen LogP contribution in [0.3, 0.4) is 0 Å². The van der Waals surface area contributed by atoms with Crippen LogP contribution in [0.1, 0.15) is 32.8 Å². The fourth-order valence-electron chi connectivity index (χ4n) is 1.66. The average molecular weight is 251 g/mol. The number of rotatable bonds is 7. The van der Waals surface area contributed by atoms with Crippen LogP contribution in [0.15, 0.2) is 18.3 Å². The van der Waals surface area contributed by atoms with Crippen LogP contribution in [-0.2, 0) is 6.54 Å². The Morgan fingerprint density at radius 3 is 2.78 bits per heavy atom. The molecule has 0 atom stereocenters. The van der Waals surface area contributed by atoms with Gasteiger partial charge in [0.1, 0.15) is 5.82 Å². The molecule has 0 aliphatic rings. The third kappa shape index (κ3) is 3.68. The van der Waals surface area contributed by atoms with E-state index in [1.807, 2.05) is 31.9 Å². The Bertz CT molecular complexity index is 366. The maximum atomic E-state index is 9.45. The van der Waals surface area contributed by atoms with Crippen molar-refractivity contribution in [1.29, 1.82) is 0 Å². The molecule has 0 saturated heterocycles. The Morgan fingerprint density at radius 2 is 2.17 bits per heavy atom. The van der Waals surface area contributed by atoms with Crippen LogP contribution in [0.5, 0.6) is 0 Å². The van der Waals surface area contributed by atoms with E-state index in [4.69, 9.17) is 0 Å². The van der Waals surface area contributed by atoms with Crippen molar-refractivity contribution in [3.63, 3.8) is 0 Å². The van der Waals surface area contributed by atoms with Crippen LogP contribution in [0, 0.1) is 0 Å². The summed E-state index contributed by atoms with van der Waals surface area (Å²) < 4.78 is 0. The van der Waals surface area contributed by atoms with E-state index >= 15 is 0 Å². The number of aliphatic hydroxyl groups excluding tert-OH is 1. The first-order valence-electron chi connectivity index (χ1n) is 6.52. The molecular formula is C14H25N3O. The normalized spacial score (nSPS) is 11.6. The summed E-state index contributed by atoms with van der Waals surface area (Å²) in [5.74, 6) is 0.931. The van der Waals surface area contributed by atoms with Crippen molar-refractivity contribution in [2.24, 2.45) is 0 Å². The summed E-state index contributed by atoms with van der Waals surface area (Å²) in [6, 6.07) is 4.03. The van der Waals surface area contributed by atoms with Gasteiger partial charge in [-0.3, -0.25) is 0 Å². The number of anilines is 1. The molecule has 0 aliphatic carbocycles. The van der Waals surface area contributed by atoms with Gasteiger partial charge >= 0.3 is 0 Å². The zero-order valence-electron chi connectivity index (χ0n) is 11.9. The molecule has 0 unspecified atom stereocenters. The largest absolute Gasteiger partial charge is 0.394 e. The second kappa shape index (κ2) is 6.71. The summed E-state index contributed by atoms with van der Waals surface area (Å²) >= 11 is 0. The number of aliphatic hydroxyl groups is 1. The van der Waals surface area contributed by atoms with Gasteiger partial charge in [-0.1, -0.05) is 13.0 Å². The molecule has 102 valence electrons. The maximum Gasteiger partial charge on any atom is 0.133 e. The number of pyridine rings is 1. The molecule has 4 nitrogen and oxygen atoms in total. The average Bonchev–Trinajstić information content (AvgIpc) is 2.39. The van der Waals surface area contributed by atoms with Gasteiger partial charge in [-0.25, -0.2) is 4.98 Å². The van der Waals surface area contributed by atoms with Gasteiger partial charge in [0.2, 0.25) is 0 Å². The van der Waals surface area contributed by atoms with Gasteiger partial charge in [-0.2, -0.15) is 0 Å².